The Kier molecular flexibility index (Phi) is 6.45. The van der Waals surface area contributed by atoms with Crippen LogP contribution in [-0.2, 0) is 11.8 Å². The number of nitrogens with zero attached hydrogens (tertiary/aromatic N) is 2. The van der Waals surface area contributed by atoms with Gasteiger partial charge in [0.2, 0.25) is 0 Å². The molecule has 1 heterocycles. The predicted octanol–water partition coefficient (Wildman–Crippen LogP) is 2.00. The van der Waals surface area contributed by atoms with Crippen molar-refractivity contribution in [3.63, 3.8) is 0 Å². The van der Waals surface area contributed by atoms with E-state index in [1.807, 2.05) is 6.07 Å². The summed E-state index contributed by atoms with van der Waals surface area (Å²) in [6.45, 7) is -0.367. The number of benzene rings is 3. The van der Waals surface area contributed by atoms with Crippen molar-refractivity contribution in [3.05, 3.63) is 106 Å². The number of fused-ring (bicyclic) bond motifs is 1. The minimum atomic E-state index is -0.677. The molecule has 0 bridgehead atoms. The summed E-state index contributed by atoms with van der Waals surface area (Å²) in [5.74, 6) is -1.01. The van der Waals surface area contributed by atoms with Crippen LogP contribution in [0.5, 0.6) is 5.75 Å². The summed E-state index contributed by atoms with van der Waals surface area (Å²) < 4.78 is 6.48. The van der Waals surface area contributed by atoms with Gasteiger partial charge < -0.3 is 4.74 Å². The lowest BCUT2D eigenvalue weighted by Gasteiger charge is -2.11. The molecule has 2 N–H and O–H groups in total. The first-order chi connectivity index (χ1) is 16.4. The fourth-order valence-corrected chi connectivity index (χ4v) is 3.30. The highest BCUT2D eigenvalue weighted by atomic mass is 16.5. The first kappa shape index (κ1) is 22.4. The van der Waals surface area contributed by atoms with E-state index in [9.17, 15) is 19.2 Å². The maximum absolute atomic E-state index is 12.5. The van der Waals surface area contributed by atoms with Gasteiger partial charge in [0.25, 0.3) is 17.4 Å². The molecule has 0 saturated carbocycles. The molecule has 0 spiro atoms. The van der Waals surface area contributed by atoms with Crippen molar-refractivity contribution in [2.45, 2.75) is 0 Å². The number of nitrogens with one attached hydrogen (secondary N) is 2. The number of hydrogen-bond donors (Lipinski definition) is 2. The number of amides is 2. The Morgan fingerprint density at radius 2 is 1.44 bits per heavy atom. The Morgan fingerprint density at radius 1 is 0.824 bits per heavy atom. The van der Waals surface area contributed by atoms with Gasteiger partial charge in [-0.2, -0.15) is 5.10 Å². The Morgan fingerprint density at radius 3 is 2.15 bits per heavy atom. The quantitative estimate of drug-likeness (QED) is 0.338. The molecule has 0 unspecified atom stereocenters. The van der Waals surface area contributed by atoms with E-state index < -0.39 is 11.8 Å². The van der Waals surface area contributed by atoms with Gasteiger partial charge in [0.15, 0.2) is 18.1 Å². The average molecular weight is 456 g/mol. The van der Waals surface area contributed by atoms with Crippen molar-refractivity contribution in [1.82, 2.24) is 20.6 Å². The lowest BCUT2D eigenvalue weighted by molar-refractivity contribution is -0.123. The molecule has 1 aromatic heterocycles. The van der Waals surface area contributed by atoms with E-state index >= 15 is 0 Å². The SMILES string of the molecule is Cn1nc(C(=O)NNC(=O)COc2ccc(C(=O)c3ccccc3)cc2)c2ccccc2c1=O. The van der Waals surface area contributed by atoms with Crippen LogP contribution < -0.4 is 21.1 Å². The second-order valence-corrected chi connectivity index (χ2v) is 7.33. The van der Waals surface area contributed by atoms with Crippen molar-refractivity contribution in [3.8, 4) is 5.75 Å². The largest absolute Gasteiger partial charge is 0.484 e. The fraction of sp³-hybridized carbons (Fsp3) is 0.0800. The van der Waals surface area contributed by atoms with Crippen LogP contribution >= 0.6 is 0 Å². The molecule has 4 rings (SSSR count). The summed E-state index contributed by atoms with van der Waals surface area (Å²) in [5, 5.41) is 4.71. The third-order valence-electron chi connectivity index (χ3n) is 5.01. The number of hydrazine groups is 1. The summed E-state index contributed by atoms with van der Waals surface area (Å²) in [5.41, 5.74) is 5.27. The monoisotopic (exact) mass is 456 g/mol. The Balaban J connectivity index is 1.33. The molecule has 9 nitrogen and oxygen atoms in total. The van der Waals surface area contributed by atoms with Gasteiger partial charge in [0, 0.05) is 23.6 Å². The number of rotatable bonds is 6. The Hall–Kier alpha value is -4.79. The molecule has 170 valence electrons. The van der Waals surface area contributed by atoms with Crippen LogP contribution in [0.2, 0.25) is 0 Å². The van der Waals surface area contributed by atoms with Crippen LogP contribution in [0.15, 0.2) is 83.7 Å². The minimum absolute atomic E-state index is 0.00223. The second kappa shape index (κ2) is 9.78. The number of aryl methyl sites for hydroxylation is 1. The van der Waals surface area contributed by atoms with Crippen LogP contribution in [0.4, 0.5) is 0 Å². The van der Waals surface area contributed by atoms with Gasteiger partial charge in [-0.15, -0.1) is 0 Å². The summed E-state index contributed by atoms with van der Waals surface area (Å²) in [7, 11) is 1.44. The molecule has 3 aromatic carbocycles. The van der Waals surface area contributed by atoms with Crippen LogP contribution in [0, 0.1) is 0 Å². The predicted molar refractivity (Wildman–Crippen MR) is 124 cm³/mol. The molecular formula is C25H20N4O5. The molecule has 0 atom stereocenters. The number of carbonyl (C=O) groups excluding carboxylic acids is 3. The fourth-order valence-electron chi connectivity index (χ4n) is 3.30. The van der Waals surface area contributed by atoms with Crippen molar-refractivity contribution >= 4 is 28.4 Å². The van der Waals surface area contributed by atoms with Crippen LogP contribution in [-0.4, -0.2) is 34.0 Å². The van der Waals surface area contributed by atoms with Crippen LogP contribution in [0.25, 0.3) is 10.8 Å². The molecule has 0 saturated heterocycles. The van der Waals surface area contributed by atoms with Gasteiger partial charge in [0.05, 0.1) is 5.39 Å². The third kappa shape index (κ3) is 4.83. The maximum Gasteiger partial charge on any atom is 0.290 e. The van der Waals surface area contributed by atoms with Crippen LogP contribution in [0.1, 0.15) is 26.4 Å². The summed E-state index contributed by atoms with van der Waals surface area (Å²) in [4.78, 5) is 49.3. The summed E-state index contributed by atoms with van der Waals surface area (Å²) in [6.07, 6.45) is 0. The molecule has 0 aliphatic rings. The molecular weight excluding hydrogens is 436 g/mol. The summed E-state index contributed by atoms with van der Waals surface area (Å²) >= 11 is 0. The standard InChI is InChI=1S/C25H20N4O5/c1-29-25(33)20-10-6-5-9-19(20)22(28-29)24(32)27-26-21(30)15-34-18-13-11-17(12-14-18)23(31)16-7-3-2-4-8-16/h2-14H,15H2,1H3,(H,26,30)(H,27,32). The Bertz CT molecular complexity index is 1430. The van der Waals surface area contributed by atoms with Crippen molar-refractivity contribution in [1.29, 1.82) is 0 Å². The van der Waals surface area contributed by atoms with Gasteiger partial charge in [-0.1, -0.05) is 48.5 Å². The zero-order valence-corrected chi connectivity index (χ0v) is 18.1. The second-order valence-electron chi connectivity index (χ2n) is 7.33. The normalized spacial score (nSPS) is 10.5. The highest BCUT2D eigenvalue weighted by Crippen LogP contribution is 2.16. The van der Waals surface area contributed by atoms with Crippen molar-refractivity contribution < 1.29 is 19.1 Å². The molecule has 0 fully saturated rings. The first-order valence-electron chi connectivity index (χ1n) is 10.3. The van der Waals surface area contributed by atoms with E-state index in [1.165, 1.54) is 7.05 Å². The average Bonchev–Trinajstić information content (AvgIpc) is 2.88. The smallest absolute Gasteiger partial charge is 0.290 e. The molecule has 0 radical (unpaired) electrons. The molecule has 0 aliphatic heterocycles. The van der Waals surface area contributed by atoms with Crippen molar-refractivity contribution in [2.24, 2.45) is 7.05 Å². The van der Waals surface area contributed by atoms with E-state index in [4.69, 9.17) is 4.74 Å². The highest BCUT2D eigenvalue weighted by Gasteiger charge is 2.16. The van der Waals surface area contributed by atoms with Crippen LogP contribution in [0.3, 0.4) is 0 Å². The molecule has 34 heavy (non-hydrogen) atoms. The molecule has 0 aliphatic carbocycles. The number of aromatic nitrogens is 2. The van der Waals surface area contributed by atoms with E-state index in [-0.39, 0.29) is 23.6 Å². The molecule has 2 amide bonds. The van der Waals surface area contributed by atoms with E-state index in [2.05, 4.69) is 16.0 Å². The highest BCUT2D eigenvalue weighted by molar-refractivity contribution is 6.09. The van der Waals surface area contributed by atoms with E-state index in [0.717, 1.165) is 4.68 Å². The Labute approximate surface area is 193 Å². The number of hydrogen-bond acceptors (Lipinski definition) is 6. The third-order valence-corrected chi connectivity index (χ3v) is 5.01. The van der Waals surface area contributed by atoms with Gasteiger partial charge in [-0.3, -0.25) is 30.0 Å². The summed E-state index contributed by atoms with van der Waals surface area (Å²) in [6, 6.07) is 21.9. The lowest BCUT2D eigenvalue weighted by atomic mass is 10.0. The zero-order chi connectivity index (χ0) is 24.1. The molecule has 9 heteroatoms. The zero-order valence-electron chi connectivity index (χ0n) is 18.1. The first-order valence-corrected chi connectivity index (χ1v) is 10.3. The molecule has 4 aromatic rings. The van der Waals surface area contributed by atoms with Crippen molar-refractivity contribution in [2.75, 3.05) is 6.61 Å². The van der Waals surface area contributed by atoms with E-state index in [0.29, 0.717) is 27.6 Å². The van der Waals surface area contributed by atoms with Gasteiger partial charge >= 0.3 is 0 Å². The maximum atomic E-state index is 12.5. The number of carbonyl (C=O) groups is 3. The lowest BCUT2D eigenvalue weighted by Crippen LogP contribution is -2.44. The number of ketones is 1. The van der Waals surface area contributed by atoms with E-state index in [1.54, 1.807) is 72.8 Å². The van der Waals surface area contributed by atoms with Gasteiger partial charge in [0.1, 0.15) is 5.75 Å². The minimum Gasteiger partial charge on any atom is -0.484 e. The van der Waals surface area contributed by atoms with Gasteiger partial charge in [-0.25, -0.2) is 4.68 Å². The van der Waals surface area contributed by atoms with Gasteiger partial charge in [-0.05, 0) is 30.3 Å². The number of ether oxygens (including phenoxy) is 1. The topological polar surface area (TPSA) is 119 Å².